The molecule has 4 heteroatoms. The van der Waals surface area contributed by atoms with Crippen LogP contribution in [0.5, 0.6) is 0 Å². The summed E-state index contributed by atoms with van der Waals surface area (Å²) in [5, 5.41) is 11.6. The Labute approximate surface area is 112 Å². The normalized spacial score (nSPS) is 13.1. The maximum atomic E-state index is 11.8. The van der Waals surface area contributed by atoms with Gasteiger partial charge >= 0.3 is 5.97 Å². The van der Waals surface area contributed by atoms with Crippen LogP contribution in [0, 0.1) is 18.3 Å². The number of carboxylic acids is 1. The zero-order chi connectivity index (χ0) is 14.3. The van der Waals surface area contributed by atoms with Crippen molar-refractivity contribution in [1.29, 1.82) is 0 Å². The highest BCUT2D eigenvalue weighted by molar-refractivity contribution is 5.80. The minimum absolute atomic E-state index is 0.190. The first-order valence-electron chi connectivity index (χ1n) is 6.10. The molecule has 0 bridgehead atoms. The molecule has 0 aliphatic rings. The van der Waals surface area contributed by atoms with E-state index in [1.54, 1.807) is 6.92 Å². The van der Waals surface area contributed by atoms with Crippen LogP contribution in [-0.4, -0.2) is 23.0 Å². The van der Waals surface area contributed by atoms with Gasteiger partial charge in [-0.25, -0.2) is 0 Å². The maximum absolute atomic E-state index is 11.8. The standard InChI is InChI=1S/C15H17NO3/c1-3-12(15(18)19)13(4-2)16-14(17)10-11-8-6-5-7-9-11/h2,5-9,12-13H,3,10H2,1H3,(H,16,17)(H,18,19)/t12?,13-/m1/s1. The van der Waals surface area contributed by atoms with Crippen LogP contribution < -0.4 is 5.32 Å². The van der Waals surface area contributed by atoms with E-state index in [0.29, 0.717) is 6.42 Å². The average molecular weight is 259 g/mol. The third-order valence-corrected chi connectivity index (χ3v) is 2.86. The Balaban J connectivity index is 2.64. The van der Waals surface area contributed by atoms with Gasteiger partial charge < -0.3 is 10.4 Å². The Hall–Kier alpha value is -2.28. The van der Waals surface area contributed by atoms with Crippen molar-refractivity contribution in [3.05, 3.63) is 35.9 Å². The van der Waals surface area contributed by atoms with Crippen LogP contribution in [0.1, 0.15) is 18.9 Å². The molecule has 0 fully saturated rings. The highest BCUT2D eigenvalue weighted by atomic mass is 16.4. The van der Waals surface area contributed by atoms with Gasteiger partial charge in [0.25, 0.3) is 0 Å². The monoisotopic (exact) mass is 259 g/mol. The molecule has 2 atom stereocenters. The van der Waals surface area contributed by atoms with E-state index >= 15 is 0 Å². The number of carbonyl (C=O) groups excluding carboxylic acids is 1. The van der Waals surface area contributed by atoms with Gasteiger partial charge in [-0.15, -0.1) is 6.42 Å². The summed E-state index contributed by atoms with van der Waals surface area (Å²) < 4.78 is 0. The second-order valence-corrected chi connectivity index (χ2v) is 4.23. The van der Waals surface area contributed by atoms with Crippen molar-refractivity contribution >= 4 is 11.9 Å². The van der Waals surface area contributed by atoms with E-state index in [9.17, 15) is 9.59 Å². The Morgan fingerprint density at radius 2 is 2.00 bits per heavy atom. The maximum Gasteiger partial charge on any atom is 0.309 e. The quantitative estimate of drug-likeness (QED) is 0.760. The highest BCUT2D eigenvalue weighted by Gasteiger charge is 2.26. The molecular formula is C15H17NO3. The Bertz CT molecular complexity index is 476. The fraction of sp³-hybridized carbons (Fsp3) is 0.333. The second-order valence-electron chi connectivity index (χ2n) is 4.23. The van der Waals surface area contributed by atoms with Crippen molar-refractivity contribution < 1.29 is 14.7 Å². The van der Waals surface area contributed by atoms with Crippen molar-refractivity contribution in [3.8, 4) is 12.3 Å². The number of hydrogen-bond donors (Lipinski definition) is 2. The fourth-order valence-corrected chi connectivity index (χ4v) is 1.82. The number of amides is 1. The van der Waals surface area contributed by atoms with E-state index in [1.807, 2.05) is 30.3 Å². The van der Waals surface area contributed by atoms with Crippen molar-refractivity contribution in [1.82, 2.24) is 5.32 Å². The van der Waals surface area contributed by atoms with Gasteiger partial charge in [0.1, 0.15) is 6.04 Å². The number of carboxylic acid groups (broad SMARTS) is 1. The Kier molecular flexibility index (Phi) is 5.62. The molecule has 1 rings (SSSR count). The molecule has 0 saturated carbocycles. The summed E-state index contributed by atoms with van der Waals surface area (Å²) in [6.45, 7) is 1.73. The number of rotatable bonds is 6. The van der Waals surface area contributed by atoms with Crippen LogP contribution in [0.2, 0.25) is 0 Å². The van der Waals surface area contributed by atoms with Crippen LogP contribution >= 0.6 is 0 Å². The van der Waals surface area contributed by atoms with Gasteiger partial charge in [0.05, 0.1) is 12.3 Å². The average Bonchev–Trinajstić information content (AvgIpc) is 2.39. The van der Waals surface area contributed by atoms with Gasteiger partial charge in [-0.05, 0) is 12.0 Å². The zero-order valence-electron chi connectivity index (χ0n) is 10.8. The molecule has 0 heterocycles. The van der Waals surface area contributed by atoms with Gasteiger partial charge in [0, 0.05) is 0 Å². The Morgan fingerprint density at radius 3 is 2.47 bits per heavy atom. The van der Waals surface area contributed by atoms with Gasteiger partial charge in [0.15, 0.2) is 0 Å². The number of terminal acetylenes is 1. The van der Waals surface area contributed by atoms with Crippen LogP contribution in [0.25, 0.3) is 0 Å². The molecule has 0 aromatic heterocycles. The number of carbonyl (C=O) groups is 2. The van der Waals surface area contributed by atoms with Crippen LogP contribution in [-0.2, 0) is 16.0 Å². The second kappa shape index (κ2) is 7.22. The summed E-state index contributed by atoms with van der Waals surface area (Å²) in [5.74, 6) is 0.314. The lowest BCUT2D eigenvalue weighted by Gasteiger charge is -2.19. The molecule has 1 aromatic rings. The first kappa shape index (κ1) is 14.8. The van der Waals surface area contributed by atoms with E-state index in [-0.39, 0.29) is 12.3 Å². The van der Waals surface area contributed by atoms with Crippen molar-refractivity contribution in [2.24, 2.45) is 5.92 Å². The molecule has 4 nitrogen and oxygen atoms in total. The lowest BCUT2D eigenvalue weighted by Crippen LogP contribution is -2.42. The molecule has 1 aromatic carbocycles. The van der Waals surface area contributed by atoms with Gasteiger partial charge in [0.2, 0.25) is 5.91 Å². The molecule has 100 valence electrons. The number of aliphatic carboxylic acids is 1. The molecule has 19 heavy (non-hydrogen) atoms. The molecular weight excluding hydrogens is 242 g/mol. The molecule has 0 saturated heterocycles. The lowest BCUT2D eigenvalue weighted by molar-refractivity contribution is -0.142. The van der Waals surface area contributed by atoms with Crippen molar-refractivity contribution in [2.75, 3.05) is 0 Å². The number of benzene rings is 1. The minimum atomic E-state index is -0.995. The first-order chi connectivity index (χ1) is 9.08. The molecule has 0 radical (unpaired) electrons. The first-order valence-corrected chi connectivity index (χ1v) is 6.10. The van der Waals surface area contributed by atoms with Crippen LogP contribution in [0.3, 0.4) is 0 Å². The molecule has 1 unspecified atom stereocenters. The van der Waals surface area contributed by atoms with E-state index in [2.05, 4.69) is 11.2 Å². The summed E-state index contributed by atoms with van der Waals surface area (Å²) >= 11 is 0. The molecule has 2 N–H and O–H groups in total. The van der Waals surface area contributed by atoms with Gasteiger partial charge in [-0.1, -0.05) is 43.2 Å². The smallest absolute Gasteiger partial charge is 0.309 e. The summed E-state index contributed by atoms with van der Waals surface area (Å²) in [6, 6.07) is 8.43. The number of nitrogens with one attached hydrogen (secondary N) is 1. The third-order valence-electron chi connectivity index (χ3n) is 2.86. The highest BCUT2D eigenvalue weighted by Crippen LogP contribution is 2.09. The molecule has 0 aliphatic heterocycles. The molecule has 0 aliphatic carbocycles. The zero-order valence-corrected chi connectivity index (χ0v) is 10.8. The van der Waals surface area contributed by atoms with E-state index in [1.165, 1.54) is 0 Å². The van der Waals surface area contributed by atoms with Crippen LogP contribution in [0.15, 0.2) is 30.3 Å². The third kappa shape index (κ3) is 4.47. The summed E-state index contributed by atoms with van der Waals surface area (Å²) in [5.41, 5.74) is 0.860. The summed E-state index contributed by atoms with van der Waals surface area (Å²) in [6.07, 6.45) is 5.86. The summed E-state index contributed by atoms with van der Waals surface area (Å²) in [7, 11) is 0. The van der Waals surface area contributed by atoms with Crippen LogP contribution in [0.4, 0.5) is 0 Å². The molecule has 0 spiro atoms. The van der Waals surface area contributed by atoms with E-state index in [4.69, 9.17) is 11.5 Å². The minimum Gasteiger partial charge on any atom is -0.481 e. The van der Waals surface area contributed by atoms with Crippen molar-refractivity contribution in [3.63, 3.8) is 0 Å². The lowest BCUT2D eigenvalue weighted by atomic mass is 9.97. The van der Waals surface area contributed by atoms with Gasteiger partial charge in [-0.3, -0.25) is 9.59 Å². The number of hydrogen-bond acceptors (Lipinski definition) is 2. The van der Waals surface area contributed by atoms with Gasteiger partial charge in [-0.2, -0.15) is 0 Å². The predicted octanol–water partition coefficient (Wildman–Crippen LogP) is 1.46. The summed E-state index contributed by atoms with van der Waals surface area (Å²) in [4.78, 5) is 22.8. The van der Waals surface area contributed by atoms with E-state index in [0.717, 1.165) is 5.56 Å². The fourth-order valence-electron chi connectivity index (χ4n) is 1.82. The van der Waals surface area contributed by atoms with Crippen molar-refractivity contribution in [2.45, 2.75) is 25.8 Å². The van der Waals surface area contributed by atoms with E-state index < -0.39 is 17.9 Å². The molecule has 1 amide bonds. The topological polar surface area (TPSA) is 66.4 Å². The Morgan fingerprint density at radius 1 is 1.37 bits per heavy atom. The SMILES string of the molecule is C#C[C@@H](NC(=O)Cc1ccccc1)C(CC)C(=O)O. The predicted molar refractivity (Wildman–Crippen MR) is 72.3 cm³/mol. The largest absolute Gasteiger partial charge is 0.481 e.